The minimum Gasteiger partial charge on any atom is -0.472 e. The van der Waals surface area contributed by atoms with Crippen LogP contribution in [0.1, 0.15) is 38.2 Å². The summed E-state index contributed by atoms with van der Waals surface area (Å²) in [6.45, 7) is 3.30. The Morgan fingerprint density at radius 1 is 1.44 bits per heavy atom. The molecule has 1 N–H and O–H groups in total. The molecular formula is C14H21NO. The number of fused-ring (bicyclic) bond motifs is 2. The predicted molar refractivity (Wildman–Crippen MR) is 63.9 cm³/mol. The maximum atomic E-state index is 5.08. The van der Waals surface area contributed by atoms with Crippen molar-refractivity contribution in [1.82, 2.24) is 5.32 Å². The van der Waals surface area contributed by atoms with E-state index in [1.807, 2.05) is 12.3 Å². The van der Waals surface area contributed by atoms with Gasteiger partial charge in [-0.1, -0.05) is 6.42 Å². The fourth-order valence-electron chi connectivity index (χ4n) is 3.73. The van der Waals surface area contributed by atoms with Crippen LogP contribution in [0.5, 0.6) is 0 Å². The maximum absolute atomic E-state index is 5.08. The maximum Gasteiger partial charge on any atom is 0.0947 e. The molecule has 2 saturated carbocycles. The van der Waals surface area contributed by atoms with Crippen molar-refractivity contribution in [3.8, 4) is 0 Å². The largest absolute Gasteiger partial charge is 0.472 e. The molecule has 4 atom stereocenters. The van der Waals surface area contributed by atoms with Gasteiger partial charge in [0.2, 0.25) is 0 Å². The van der Waals surface area contributed by atoms with E-state index in [0.29, 0.717) is 6.04 Å². The van der Waals surface area contributed by atoms with E-state index in [2.05, 4.69) is 12.2 Å². The Labute approximate surface area is 97.4 Å². The Bertz CT molecular complexity index is 333. The Morgan fingerprint density at radius 3 is 3.00 bits per heavy atom. The van der Waals surface area contributed by atoms with Gasteiger partial charge in [-0.25, -0.2) is 0 Å². The van der Waals surface area contributed by atoms with Crippen molar-refractivity contribution in [3.05, 3.63) is 24.2 Å². The van der Waals surface area contributed by atoms with Gasteiger partial charge in [-0.3, -0.25) is 0 Å². The predicted octanol–water partition coefficient (Wildman–Crippen LogP) is 3.19. The Hall–Kier alpha value is -0.760. The van der Waals surface area contributed by atoms with Crippen molar-refractivity contribution < 1.29 is 4.42 Å². The molecule has 1 heterocycles. The molecule has 2 heteroatoms. The Kier molecular flexibility index (Phi) is 2.76. The van der Waals surface area contributed by atoms with Crippen LogP contribution in [0.4, 0.5) is 0 Å². The van der Waals surface area contributed by atoms with Crippen molar-refractivity contribution in [2.24, 2.45) is 17.8 Å². The standard InChI is InChI=1S/C14H21NO/c1-10(15-8-12-4-5-16-9-12)14-7-11-2-3-13(14)6-11/h4-5,9-11,13-15H,2-3,6-8H2,1H3. The molecule has 2 aliphatic rings. The van der Waals surface area contributed by atoms with Gasteiger partial charge in [0.25, 0.3) is 0 Å². The first-order valence-electron chi connectivity index (χ1n) is 6.57. The van der Waals surface area contributed by atoms with Crippen LogP contribution in [0.2, 0.25) is 0 Å². The van der Waals surface area contributed by atoms with Gasteiger partial charge in [-0.2, -0.15) is 0 Å². The van der Waals surface area contributed by atoms with Gasteiger partial charge in [0.05, 0.1) is 12.5 Å². The second-order valence-electron chi connectivity index (χ2n) is 5.64. The first-order valence-corrected chi connectivity index (χ1v) is 6.57. The summed E-state index contributed by atoms with van der Waals surface area (Å²) in [7, 11) is 0. The molecule has 2 aliphatic carbocycles. The van der Waals surface area contributed by atoms with Crippen LogP contribution in [0, 0.1) is 17.8 Å². The lowest BCUT2D eigenvalue weighted by atomic mass is 9.84. The first-order chi connectivity index (χ1) is 7.83. The SMILES string of the molecule is CC(NCc1ccoc1)C1CC2CCC1C2. The third kappa shape index (κ3) is 1.91. The highest BCUT2D eigenvalue weighted by atomic mass is 16.3. The normalized spacial score (nSPS) is 34.4. The van der Waals surface area contributed by atoms with E-state index in [1.54, 1.807) is 6.26 Å². The summed E-state index contributed by atoms with van der Waals surface area (Å²) in [5.41, 5.74) is 1.26. The van der Waals surface area contributed by atoms with E-state index >= 15 is 0 Å². The van der Waals surface area contributed by atoms with Gasteiger partial charge in [-0.05, 0) is 50.0 Å². The molecule has 0 aliphatic heterocycles. The summed E-state index contributed by atoms with van der Waals surface area (Å²) in [4.78, 5) is 0. The van der Waals surface area contributed by atoms with Crippen LogP contribution < -0.4 is 5.32 Å². The van der Waals surface area contributed by atoms with Gasteiger partial charge in [0, 0.05) is 18.2 Å². The van der Waals surface area contributed by atoms with Crippen molar-refractivity contribution in [2.45, 2.75) is 45.2 Å². The van der Waals surface area contributed by atoms with Crippen LogP contribution in [0.25, 0.3) is 0 Å². The summed E-state index contributed by atoms with van der Waals surface area (Å²) in [6.07, 6.45) is 9.52. The monoisotopic (exact) mass is 219 g/mol. The zero-order chi connectivity index (χ0) is 11.0. The van der Waals surface area contributed by atoms with Crippen LogP contribution in [-0.2, 0) is 6.54 Å². The lowest BCUT2D eigenvalue weighted by Crippen LogP contribution is -2.35. The topological polar surface area (TPSA) is 25.2 Å². The van der Waals surface area contributed by atoms with Crippen LogP contribution in [0.15, 0.2) is 23.0 Å². The number of hydrogen-bond acceptors (Lipinski definition) is 2. The van der Waals surface area contributed by atoms with Crippen molar-refractivity contribution in [1.29, 1.82) is 0 Å². The van der Waals surface area contributed by atoms with Crippen LogP contribution >= 0.6 is 0 Å². The highest BCUT2D eigenvalue weighted by molar-refractivity contribution is 5.05. The average Bonchev–Trinajstić information content (AvgIpc) is 3.01. The zero-order valence-corrected chi connectivity index (χ0v) is 9.99. The van der Waals surface area contributed by atoms with Crippen molar-refractivity contribution in [2.75, 3.05) is 0 Å². The Balaban J connectivity index is 1.52. The number of hydrogen-bond donors (Lipinski definition) is 1. The summed E-state index contributed by atoms with van der Waals surface area (Å²) in [5, 5.41) is 3.65. The van der Waals surface area contributed by atoms with E-state index in [4.69, 9.17) is 4.42 Å². The number of rotatable bonds is 4. The average molecular weight is 219 g/mol. The lowest BCUT2D eigenvalue weighted by Gasteiger charge is -2.28. The zero-order valence-electron chi connectivity index (χ0n) is 9.99. The highest BCUT2D eigenvalue weighted by Gasteiger charge is 2.41. The molecule has 4 unspecified atom stereocenters. The van der Waals surface area contributed by atoms with E-state index < -0.39 is 0 Å². The van der Waals surface area contributed by atoms with Crippen LogP contribution in [0.3, 0.4) is 0 Å². The Morgan fingerprint density at radius 2 is 2.38 bits per heavy atom. The minimum absolute atomic E-state index is 0.658. The minimum atomic E-state index is 0.658. The molecule has 2 nitrogen and oxygen atoms in total. The molecule has 88 valence electrons. The molecule has 1 aromatic rings. The molecule has 0 spiro atoms. The lowest BCUT2D eigenvalue weighted by molar-refractivity contribution is 0.259. The smallest absolute Gasteiger partial charge is 0.0947 e. The molecule has 2 fully saturated rings. The molecule has 0 amide bonds. The first kappa shape index (κ1) is 10.4. The molecule has 1 aromatic heterocycles. The molecule has 0 aromatic carbocycles. The summed E-state index contributed by atoms with van der Waals surface area (Å²) in [5.74, 6) is 2.98. The fourth-order valence-corrected chi connectivity index (χ4v) is 3.73. The number of nitrogens with one attached hydrogen (secondary N) is 1. The third-order valence-corrected chi connectivity index (χ3v) is 4.64. The molecular weight excluding hydrogens is 198 g/mol. The van der Waals surface area contributed by atoms with Gasteiger partial charge in [0.15, 0.2) is 0 Å². The van der Waals surface area contributed by atoms with E-state index in [1.165, 1.54) is 31.2 Å². The second kappa shape index (κ2) is 4.25. The molecule has 0 saturated heterocycles. The van der Waals surface area contributed by atoms with Crippen molar-refractivity contribution in [3.63, 3.8) is 0 Å². The van der Waals surface area contributed by atoms with E-state index in [0.717, 1.165) is 24.3 Å². The van der Waals surface area contributed by atoms with Gasteiger partial charge < -0.3 is 9.73 Å². The van der Waals surface area contributed by atoms with E-state index in [-0.39, 0.29) is 0 Å². The molecule has 2 bridgehead atoms. The van der Waals surface area contributed by atoms with Crippen LogP contribution in [-0.4, -0.2) is 6.04 Å². The van der Waals surface area contributed by atoms with Gasteiger partial charge in [-0.15, -0.1) is 0 Å². The highest BCUT2D eigenvalue weighted by Crippen LogP contribution is 2.49. The van der Waals surface area contributed by atoms with E-state index in [9.17, 15) is 0 Å². The summed E-state index contributed by atoms with van der Waals surface area (Å²) in [6, 6.07) is 2.70. The third-order valence-electron chi connectivity index (χ3n) is 4.64. The van der Waals surface area contributed by atoms with Gasteiger partial charge in [0.1, 0.15) is 0 Å². The fraction of sp³-hybridized carbons (Fsp3) is 0.714. The summed E-state index contributed by atoms with van der Waals surface area (Å²) < 4.78 is 5.08. The summed E-state index contributed by atoms with van der Waals surface area (Å²) >= 11 is 0. The van der Waals surface area contributed by atoms with Gasteiger partial charge >= 0.3 is 0 Å². The molecule has 16 heavy (non-hydrogen) atoms. The quantitative estimate of drug-likeness (QED) is 0.841. The number of furan rings is 1. The molecule has 3 rings (SSSR count). The molecule has 0 radical (unpaired) electrons. The second-order valence-corrected chi connectivity index (χ2v) is 5.64. The van der Waals surface area contributed by atoms with Crippen molar-refractivity contribution >= 4 is 0 Å².